The predicted molar refractivity (Wildman–Crippen MR) is 28.6 cm³/mol. The van der Waals surface area contributed by atoms with Gasteiger partial charge in [0.1, 0.15) is 0 Å². The van der Waals surface area contributed by atoms with Crippen LogP contribution in [0.3, 0.4) is 0 Å². The Morgan fingerprint density at radius 1 is 1.86 bits per heavy atom. The zero-order valence-electron chi connectivity index (χ0n) is 3.80. The Labute approximate surface area is 46.4 Å². The zero-order valence-corrected chi connectivity index (χ0v) is 4.62. The first-order chi connectivity index (χ1) is 3.13. The van der Waals surface area contributed by atoms with Crippen molar-refractivity contribution < 1.29 is 9.53 Å². The van der Waals surface area contributed by atoms with E-state index >= 15 is 0 Å². The molecular weight excluding hydrogens is 114 g/mol. The third-order valence-electron chi connectivity index (χ3n) is 0.244. The summed E-state index contributed by atoms with van der Waals surface area (Å²) in [4.78, 5) is 9.86. The van der Waals surface area contributed by atoms with Gasteiger partial charge in [0, 0.05) is 6.92 Å². The molecule has 0 radical (unpaired) electrons. The Kier molecular flexibility index (Phi) is 2.29. The molecule has 7 heavy (non-hydrogen) atoms. The molecule has 0 saturated heterocycles. The average Bonchev–Trinajstić information content (AvgIpc) is 1.27. The normalized spacial score (nSPS) is 7.57. The number of nitrogens with two attached hydrogens (primary N) is 1. The summed E-state index contributed by atoms with van der Waals surface area (Å²) in [5.41, 5.74) is 4.78. The van der Waals surface area contributed by atoms with Crippen molar-refractivity contribution in [1.29, 1.82) is 0 Å². The fourth-order valence-electron chi connectivity index (χ4n) is 0.142. The Balaban J connectivity index is 3.32. The van der Waals surface area contributed by atoms with Crippen LogP contribution in [0.5, 0.6) is 0 Å². The molecule has 0 aromatic carbocycles. The van der Waals surface area contributed by atoms with Crippen LogP contribution in [0.15, 0.2) is 0 Å². The maximum Gasteiger partial charge on any atom is 0.309 e. The molecule has 0 atom stereocenters. The van der Waals surface area contributed by atoms with Gasteiger partial charge >= 0.3 is 5.97 Å². The largest absolute Gasteiger partial charge is 0.400 e. The number of rotatable bonds is 0. The van der Waals surface area contributed by atoms with Gasteiger partial charge in [-0.3, -0.25) is 4.79 Å². The zero-order chi connectivity index (χ0) is 5.86. The smallest absolute Gasteiger partial charge is 0.309 e. The van der Waals surface area contributed by atoms with Gasteiger partial charge in [-0.25, -0.2) is 0 Å². The van der Waals surface area contributed by atoms with Gasteiger partial charge in [0.2, 0.25) is 0 Å². The maximum absolute atomic E-state index is 9.86. The van der Waals surface area contributed by atoms with E-state index < -0.39 is 5.97 Å². The molecule has 0 fully saturated rings. The third-order valence-corrected chi connectivity index (χ3v) is 0.328. The van der Waals surface area contributed by atoms with E-state index in [1.807, 2.05) is 0 Å². The molecule has 0 unspecified atom stereocenters. The molecule has 0 saturated carbocycles. The van der Waals surface area contributed by atoms with Crippen LogP contribution >= 0.6 is 12.2 Å². The Hall–Kier alpha value is -0.640. The molecule has 0 rings (SSSR count). The Morgan fingerprint density at radius 3 is 2.29 bits per heavy atom. The van der Waals surface area contributed by atoms with Gasteiger partial charge in [-0.15, -0.1) is 0 Å². The first kappa shape index (κ1) is 6.36. The molecule has 2 N–H and O–H groups in total. The van der Waals surface area contributed by atoms with Gasteiger partial charge in [-0.2, -0.15) is 0 Å². The maximum atomic E-state index is 9.86. The minimum atomic E-state index is -0.479. The van der Waals surface area contributed by atoms with Crippen LogP contribution < -0.4 is 5.73 Å². The highest BCUT2D eigenvalue weighted by atomic mass is 32.1. The molecule has 4 heteroatoms. The van der Waals surface area contributed by atoms with E-state index in [1.165, 1.54) is 6.92 Å². The van der Waals surface area contributed by atoms with Crippen LogP contribution in [-0.2, 0) is 9.53 Å². The number of thiocarbonyl (C=S) groups is 1. The van der Waals surface area contributed by atoms with Crippen molar-refractivity contribution in [1.82, 2.24) is 0 Å². The predicted octanol–water partition coefficient (Wildman–Crippen LogP) is -0.207. The van der Waals surface area contributed by atoms with Gasteiger partial charge < -0.3 is 10.5 Å². The van der Waals surface area contributed by atoms with Gasteiger partial charge in [0.15, 0.2) is 0 Å². The first-order valence-electron chi connectivity index (χ1n) is 1.61. The van der Waals surface area contributed by atoms with E-state index in [1.54, 1.807) is 0 Å². The van der Waals surface area contributed by atoms with Crippen LogP contribution in [0.4, 0.5) is 0 Å². The highest BCUT2D eigenvalue weighted by molar-refractivity contribution is 7.80. The first-order valence-corrected chi connectivity index (χ1v) is 2.01. The lowest BCUT2D eigenvalue weighted by Crippen LogP contribution is -2.15. The summed E-state index contributed by atoms with van der Waals surface area (Å²) in [6.07, 6.45) is 0. The van der Waals surface area contributed by atoms with Crippen molar-refractivity contribution in [2.24, 2.45) is 5.73 Å². The average molecular weight is 119 g/mol. The van der Waals surface area contributed by atoms with Crippen molar-refractivity contribution in [2.75, 3.05) is 0 Å². The number of ether oxygens (including phenoxy) is 1. The third kappa shape index (κ3) is 5.36. The lowest BCUT2D eigenvalue weighted by atomic mass is 10.8. The van der Waals surface area contributed by atoms with Crippen molar-refractivity contribution in [3.63, 3.8) is 0 Å². The summed E-state index contributed by atoms with van der Waals surface area (Å²) in [6, 6.07) is 0. The van der Waals surface area contributed by atoms with E-state index in [-0.39, 0.29) is 5.17 Å². The van der Waals surface area contributed by atoms with E-state index in [2.05, 4.69) is 17.0 Å². The number of hydrogen-bond acceptors (Lipinski definition) is 3. The topological polar surface area (TPSA) is 52.3 Å². The summed E-state index contributed by atoms with van der Waals surface area (Å²) in [7, 11) is 0. The molecule has 0 aliphatic rings. The molecular formula is C3H5NO2S. The van der Waals surface area contributed by atoms with Crippen LogP contribution in [0, 0.1) is 0 Å². The highest BCUT2D eigenvalue weighted by Gasteiger charge is 1.90. The van der Waals surface area contributed by atoms with Crippen LogP contribution in [0.2, 0.25) is 0 Å². The van der Waals surface area contributed by atoms with Crippen LogP contribution in [0.1, 0.15) is 6.92 Å². The van der Waals surface area contributed by atoms with Gasteiger partial charge in [0.25, 0.3) is 5.17 Å². The number of carbonyl (C=O) groups excluding carboxylic acids is 1. The number of carbonyl (C=O) groups is 1. The second kappa shape index (κ2) is 2.52. The fraction of sp³-hybridized carbons (Fsp3) is 0.333. The van der Waals surface area contributed by atoms with Crippen LogP contribution in [-0.4, -0.2) is 11.1 Å². The summed E-state index contributed by atoms with van der Waals surface area (Å²) in [6.45, 7) is 1.24. The molecule has 0 aromatic rings. The summed E-state index contributed by atoms with van der Waals surface area (Å²) in [5.74, 6) is -0.479. The van der Waals surface area contributed by atoms with Crippen LogP contribution in [0.25, 0.3) is 0 Å². The Bertz CT molecular complexity index is 89.1. The quantitative estimate of drug-likeness (QED) is 0.354. The SMILES string of the molecule is CC(=O)OC(N)=S. The fourth-order valence-corrected chi connectivity index (χ4v) is 0.259. The molecule has 0 aliphatic heterocycles. The molecule has 0 amide bonds. The second-order valence-corrected chi connectivity index (χ2v) is 1.32. The number of esters is 1. The molecule has 40 valence electrons. The molecule has 0 aromatic heterocycles. The molecule has 0 heterocycles. The van der Waals surface area contributed by atoms with Crippen molar-refractivity contribution in [2.45, 2.75) is 6.92 Å². The lowest BCUT2D eigenvalue weighted by molar-refractivity contribution is -0.132. The monoisotopic (exact) mass is 119 g/mol. The van der Waals surface area contributed by atoms with Gasteiger partial charge in [0.05, 0.1) is 0 Å². The molecule has 3 nitrogen and oxygen atoms in total. The van der Waals surface area contributed by atoms with E-state index in [9.17, 15) is 4.79 Å². The van der Waals surface area contributed by atoms with Gasteiger partial charge in [-0.1, -0.05) is 0 Å². The summed E-state index contributed by atoms with van der Waals surface area (Å²) in [5, 5.41) is -0.229. The summed E-state index contributed by atoms with van der Waals surface area (Å²) < 4.78 is 4.12. The lowest BCUT2D eigenvalue weighted by Gasteiger charge is -1.91. The molecule has 0 bridgehead atoms. The Morgan fingerprint density at radius 2 is 2.29 bits per heavy atom. The minimum absolute atomic E-state index is 0.229. The molecule has 0 spiro atoms. The molecule has 0 aliphatic carbocycles. The van der Waals surface area contributed by atoms with Gasteiger partial charge in [-0.05, 0) is 12.2 Å². The summed E-state index contributed by atoms with van der Waals surface area (Å²) >= 11 is 4.21. The highest BCUT2D eigenvalue weighted by Crippen LogP contribution is 1.72. The van der Waals surface area contributed by atoms with Crippen molar-refractivity contribution in [3.05, 3.63) is 0 Å². The van der Waals surface area contributed by atoms with Crippen molar-refractivity contribution >= 4 is 23.4 Å². The second-order valence-electron chi connectivity index (χ2n) is 0.913. The minimum Gasteiger partial charge on any atom is -0.400 e. The van der Waals surface area contributed by atoms with E-state index in [0.717, 1.165) is 0 Å². The number of hydrogen-bond donors (Lipinski definition) is 1. The van der Waals surface area contributed by atoms with E-state index in [4.69, 9.17) is 5.73 Å². The van der Waals surface area contributed by atoms with Crippen molar-refractivity contribution in [3.8, 4) is 0 Å². The van der Waals surface area contributed by atoms with E-state index in [0.29, 0.717) is 0 Å². The standard InChI is InChI=1S/C3H5NO2S/c1-2(5)6-3(4)7/h1H3,(H2,4,7).